The van der Waals surface area contributed by atoms with Crippen molar-refractivity contribution in [3.05, 3.63) is 60.2 Å². The lowest BCUT2D eigenvalue weighted by Crippen LogP contribution is -2.58. The zero-order valence-corrected chi connectivity index (χ0v) is 16.1. The van der Waals surface area contributed by atoms with Crippen molar-refractivity contribution in [1.29, 1.82) is 0 Å². The van der Waals surface area contributed by atoms with Crippen LogP contribution in [0.25, 0.3) is 0 Å². The van der Waals surface area contributed by atoms with E-state index in [1.54, 1.807) is 24.1 Å². The topological polar surface area (TPSA) is 59.0 Å². The second-order valence-electron chi connectivity index (χ2n) is 7.39. The van der Waals surface area contributed by atoms with Crippen LogP contribution in [0.4, 0.5) is 4.79 Å². The van der Waals surface area contributed by atoms with E-state index >= 15 is 0 Å². The van der Waals surface area contributed by atoms with Crippen LogP contribution in [0.1, 0.15) is 25.8 Å². The van der Waals surface area contributed by atoms with Gasteiger partial charge in [0.15, 0.2) is 0 Å². The number of aliphatic hydroxyl groups is 1. The Morgan fingerprint density at radius 1 is 1.15 bits per heavy atom. The number of amides is 1. The smallest absolute Gasteiger partial charge is 0.415 e. The Bertz CT molecular complexity index is 758. The Kier molecular flexibility index (Phi) is 5.71. The largest absolute Gasteiger partial charge is 0.497 e. The van der Waals surface area contributed by atoms with Gasteiger partial charge >= 0.3 is 6.09 Å². The highest BCUT2D eigenvalue weighted by atomic mass is 16.6. The zero-order chi connectivity index (χ0) is 19.4. The molecule has 0 radical (unpaired) electrons. The van der Waals surface area contributed by atoms with Gasteiger partial charge in [-0.25, -0.2) is 4.79 Å². The molecule has 5 heteroatoms. The molecule has 1 unspecified atom stereocenters. The summed E-state index contributed by atoms with van der Waals surface area (Å²) >= 11 is 0. The average Bonchev–Trinajstić information content (AvgIpc) is 2.67. The maximum atomic E-state index is 12.8. The first-order chi connectivity index (χ1) is 12.9. The van der Waals surface area contributed by atoms with Crippen LogP contribution in [0.15, 0.2) is 54.6 Å². The standard InChI is InChI=1S/C22H27NO4/c1-16-20(15-17-9-11-18(26-3)12-10-17)23(14-13-22(16,2)25)21(24)27-19-7-5-4-6-8-19/h4-12,16,20,25H,13-15H2,1-3H3/t16-,20-,22?/m0/s1. The van der Waals surface area contributed by atoms with Crippen molar-refractivity contribution in [3.8, 4) is 11.5 Å². The summed E-state index contributed by atoms with van der Waals surface area (Å²) in [7, 11) is 1.64. The molecule has 1 N–H and O–H groups in total. The number of piperidine rings is 1. The molecule has 0 aliphatic carbocycles. The fourth-order valence-electron chi connectivity index (χ4n) is 3.59. The van der Waals surface area contributed by atoms with E-state index in [2.05, 4.69) is 0 Å². The Balaban J connectivity index is 1.80. The maximum absolute atomic E-state index is 12.8. The van der Waals surface area contributed by atoms with Gasteiger partial charge in [-0.3, -0.25) is 0 Å². The minimum Gasteiger partial charge on any atom is -0.497 e. The van der Waals surface area contributed by atoms with Crippen LogP contribution in [0.3, 0.4) is 0 Å². The van der Waals surface area contributed by atoms with Gasteiger partial charge in [0.1, 0.15) is 11.5 Å². The molecule has 144 valence electrons. The third-order valence-electron chi connectivity index (χ3n) is 5.60. The van der Waals surface area contributed by atoms with Crippen molar-refractivity contribution in [2.45, 2.75) is 38.3 Å². The number of carbonyl (C=O) groups is 1. The Morgan fingerprint density at radius 3 is 2.44 bits per heavy atom. The molecule has 3 rings (SSSR count). The molecule has 1 heterocycles. The molecule has 1 saturated heterocycles. The van der Waals surface area contributed by atoms with E-state index < -0.39 is 5.60 Å². The molecule has 5 nitrogen and oxygen atoms in total. The fourth-order valence-corrected chi connectivity index (χ4v) is 3.59. The van der Waals surface area contributed by atoms with Crippen molar-refractivity contribution in [2.75, 3.05) is 13.7 Å². The molecule has 27 heavy (non-hydrogen) atoms. The van der Waals surface area contributed by atoms with E-state index in [0.29, 0.717) is 25.1 Å². The summed E-state index contributed by atoms with van der Waals surface area (Å²) in [6.07, 6.45) is 0.796. The van der Waals surface area contributed by atoms with Gasteiger partial charge in [0, 0.05) is 18.5 Å². The molecule has 1 amide bonds. The third-order valence-corrected chi connectivity index (χ3v) is 5.60. The lowest BCUT2D eigenvalue weighted by atomic mass is 9.76. The summed E-state index contributed by atoms with van der Waals surface area (Å²) in [6.45, 7) is 4.30. The number of ether oxygens (including phenoxy) is 2. The van der Waals surface area contributed by atoms with E-state index in [9.17, 15) is 9.90 Å². The van der Waals surface area contributed by atoms with E-state index in [0.717, 1.165) is 11.3 Å². The van der Waals surface area contributed by atoms with Crippen molar-refractivity contribution in [3.63, 3.8) is 0 Å². The monoisotopic (exact) mass is 369 g/mol. The van der Waals surface area contributed by atoms with Gasteiger partial charge in [0.25, 0.3) is 0 Å². The quantitative estimate of drug-likeness (QED) is 0.888. The highest BCUT2D eigenvalue weighted by Crippen LogP contribution is 2.34. The van der Waals surface area contributed by atoms with E-state index in [1.165, 1.54) is 0 Å². The zero-order valence-electron chi connectivity index (χ0n) is 16.1. The molecule has 0 aromatic heterocycles. The normalized spacial score (nSPS) is 25.1. The van der Waals surface area contributed by atoms with Crippen LogP contribution in [-0.2, 0) is 6.42 Å². The SMILES string of the molecule is COc1ccc(C[C@H]2[C@H](C)C(C)(O)CCN2C(=O)Oc2ccccc2)cc1. The number of likely N-dealkylation sites (tertiary alicyclic amines) is 1. The number of hydrogen-bond acceptors (Lipinski definition) is 4. The third kappa shape index (κ3) is 4.42. The van der Waals surface area contributed by atoms with Crippen molar-refractivity contribution in [2.24, 2.45) is 5.92 Å². The predicted octanol–water partition coefficient (Wildman–Crippen LogP) is 3.90. The lowest BCUT2D eigenvalue weighted by Gasteiger charge is -2.47. The first-order valence-electron chi connectivity index (χ1n) is 9.29. The van der Waals surface area contributed by atoms with Gasteiger partial charge in [0.2, 0.25) is 0 Å². The number of hydrogen-bond donors (Lipinski definition) is 1. The molecule has 2 aromatic carbocycles. The second kappa shape index (κ2) is 8.01. The van der Waals surface area contributed by atoms with Crippen LogP contribution < -0.4 is 9.47 Å². The Morgan fingerprint density at radius 2 is 1.81 bits per heavy atom. The molecule has 1 aliphatic rings. The first kappa shape index (κ1) is 19.2. The van der Waals surface area contributed by atoms with Crippen LogP contribution in [0.2, 0.25) is 0 Å². The second-order valence-corrected chi connectivity index (χ2v) is 7.39. The molecule has 3 atom stereocenters. The van der Waals surface area contributed by atoms with E-state index in [1.807, 2.05) is 56.3 Å². The Hall–Kier alpha value is -2.53. The molecule has 0 bridgehead atoms. The molecule has 1 aliphatic heterocycles. The van der Waals surface area contributed by atoms with E-state index in [-0.39, 0.29) is 18.1 Å². The van der Waals surface area contributed by atoms with Crippen molar-refractivity contribution >= 4 is 6.09 Å². The van der Waals surface area contributed by atoms with Crippen LogP contribution in [0, 0.1) is 5.92 Å². The first-order valence-corrected chi connectivity index (χ1v) is 9.29. The average molecular weight is 369 g/mol. The van der Waals surface area contributed by atoms with Crippen molar-refractivity contribution < 1.29 is 19.4 Å². The molecule has 0 spiro atoms. The number of rotatable bonds is 4. The molecule has 0 saturated carbocycles. The Labute approximate surface area is 160 Å². The van der Waals surface area contributed by atoms with Crippen LogP contribution in [-0.4, -0.2) is 41.4 Å². The van der Waals surface area contributed by atoms with Crippen molar-refractivity contribution in [1.82, 2.24) is 4.90 Å². The fraction of sp³-hybridized carbons (Fsp3) is 0.409. The summed E-state index contributed by atoms with van der Waals surface area (Å²) in [6, 6.07) is 16.7. The summed E-state index contributed by atoms with van der Waals surface area (Å²) in [5, 5.41) is 10.8. The number of carbonyl (C=O) groups excluding carboxylic acids is 1. The molecule has 1 fully saturated rings. The van der Waals surface area contributed by atoms with Gasteiger partial charge in [-0.05, 0) is 49.6 Å². The predicted molar refractivity (Wildman–Crippen MR) is 104 cm³/mol. The van der Waals surface area contributed by atoms with Gasteiger partial charge in [0.05, 0.1) is 12.7 Å². The van der Waals surface area contributed by atoms with Crippen LogP contribution in [0.5, 0.6) is 11.5 Å². The summed E-state index contributed by atoms with van der Waals surface area (Å²) in [5.41, 5.74) is 0.267. The number of para-hydroxylation sites is 1. The summed E-state index contributed by atoms with van der Waals surface area (Å²) in [5.74, 6) is 1.23. The van der Waals surface area contributed by atoms with Gasteiger partial charge in [-0.1, -0.05) is 37.3 Å². The highest BCUT2D eigenvalue weighted by molar-refractivity contribution is 5.71. The number of nitrogens with zero attached hydrogens (tertiary/aromatic N) is 1. The molecular weight excluding hydrogens is 342 g/mol. The highest BCUT2D eigenvalue weighted by Gasteiger charge is 2.44. The number of benzene rings is 2. The van der Waals surface area contributed by atoms with Gasteiger partial charge in [-0.15, -0.1) is 0 Å². The van der Waals surface area contributed by atoms with E-state index in [4.69, 9.17) is 9.47 Å². The van der Waals surface area contributed by atoms with Gasteiger partial charge < -0.3 is 19.5 Å². The number of methoxy groups -OCH3 is 1. The molecule has 2 aromatic rings. The summed E-state index contributed by atoms with van der Waals surface area (Å²) < 4.78 is 10.8. The minimum atomic E-state index is -0.819. The minimum absolute atomic E-state index is 0.0864. The molecular formula is C22H27NO4. The maximum Gasteiger partial charge on any atom is 0.415 e. The van der Waals surface area contributed by atoms with Crippen LogP contribution >= 0.6 is 0 Å². The lowest BCUT2D eigenvalue weighted by molar-refractivity contribution is -0.0722. The summed E-state index contributed by atoms with van der Waals surface area (Å²) in [4.78, 5) is 14.6. The van der Waals surface area contributed by atoms with Gasteiger partial charge in [-0.2, -0.15) is 0 Å².